The first-order valence-corrected chi connectivity index (χ1v) is 8.64. The lowest BCUT2D eigenvalue weighted by molar-refractivity contribution is -0.132. The minimum atomic E-state index is 0.295. The molecule has 1 heterocycles. The van der Waals surface area contributed by atoms with Gasteiger partial charge in [-0.2, -0.15) is 0 Å². The van der Waals surface area contributed by atoms with Crippen molar-refractivity contribution in [1.82, 2.24) is 20.0 Å². The fraction of sp³-hybridized carbons (Fsp3) is 0.938. The molecule has 1 aliphatic rings. The maximum absolute atomic E-state index is 12.4. The molecular formula is C16H34N4O. The van der Waals surface area contributed by atoms with Crippen LogP contribution in [0.25, 0.3) is 0 Å². The minimum absolute atomic E-state index is 0.295. The highest BCUT2D eigenvalue weighted by Gasteiger charge is 2.17. The summed E-state index contributed by atoms with van der Waals surface area (Å²) in [7, 11) is 0. The third-order valence-corrected chi connectivity index (χ3v) is 4.34. The van der Waals surface area contributed by atoms with E-state index in [9.17, 15) is 4.79 Å². The fourth-order valence-electron chi connectivity index (χ4n) is 2.79. The Hall–Kier alpha value is -0.650. The average molecular weight is 298 g/mol. The number of hydrogen-bond donors (Lipinski definition) is 1. The van der Waals surface area contributed by atoms with Crippen molar-refractivity contribution >= 4 is 5.91 Å². The Kier molecular flexibility index (Phi) is 9.63. The van der Waals surface area contributed by atoms with E-state index in [4.69, 9.17) is 0 Å². The molecule has 0 saturated carbocycles. The van der Waals surface area contributed by atoms with Crippen LogP contribution in [0.15, 0.2) is 0 Å². The fourth-order valence-corrected chi connectivity index (χ4v) is 2.79. The van der Waals surface area contributed by atoms with Crippen LogP contribution in [0.2, 0.25) is 0 Å². The highest BCUT2D eigenvalue weighted by atomic mass is 16.2. The molecule has 0 aliphatic carbocycles. The van der Waals surface area contributed by atoms with Gasteiger partial charge >= 0.3 is 0 Å². The Morgan fingerprint density at radius 1 is 1.00 bits per heavy atom. The van der Waals surface area contributed by atoms with E-state index in [1.54, 1.807) is 0 Å². The molecule has 0 unspecified atom stereocenters. The van der Waals surface area contributed by atoms with Crippen LogP contribution in [0.1, 0.15) is 33.6 Å². The molecule has 0 aromatic carbocycles. The Labute approximate surface area is 130 Å². The molecule has 1 N–H and O–H groups in total. The summed E-state index contributed by atoms with van der Waals surface area (Å²) in [4.78, 5) is 19.1. The van der Waals surface area contributed by atoms with Crippen LogP contribution in [0.4, 0.5) is 0 Å². The number of carbonyl (C=O) groups excluding carboxylic acids is 1. The zero-order chi connectivity index (χ0) is 15.5. The Bertz CT molecular complexity index is 273. The van der Waals surface area contributed by atoms with Gasteiger partial charge in [0, 0.05) is 19.6 Å². The highest BCUT2D eigenvalue weighted by molar-refractivity contribution is 5.78. The monoisotopic (exact) mass is 298 g/mol. The Morgan fingerprint density at radius 3 is 2.33 bits per heavy atom. The second-order valence-corrected chi connectivity index (χ2v) is 5.73. The molecule has 21 heavy (non-hydrogen) atoms. The van der Waals surface area contributed by atoms with Gasteiger partial charge in [-0.1, -0.05) is 20.8 Å². The number of amides is 1. The molecule has 1 fully saturated rings. The standard InChI is InChI=1S/C16H34N4O/c1-4-18(5-2)11-8-12-19(6-3)15-16(21)20-13-7-9-17-10-14-20/h17H,4-15H2,1-3H3. The molecule has 1 saturated heterocycles. The second kappa shape index (κ2) is 11.0. The first-order chi connectivity index (χ1) is 10.2. The van der Waals surface area contributed by atoms with Crippen molar-refractivity contribution in [1.29, 1.82) is 0 Å². The quantitative estimate of drug-likeness (QED) is 0.685. The summed E-state index contributed by atoms with van der Waals surface area (Å²) in [5, 5.41) is 3.35. The van der Waals surface area contributed by atoms with E-state index in [1.807, 2.05) is 4.90 Å². The van der Waals surface area contributed by atoms with Crippen molar-refractivity contribution in [2.24, 2.45) is 0 Å². The number of likely N-dealkylation sites (N-methyl/N-ethyl adjacent to an activating group) is 1. The lowest BCUT2D eigenvalue weighted by atomic mass is 10.3. The van der Waals surface area contributed by atoms with Gasteiger partial charge in [0.1, 0.15) is 0 Å². The van der Waals surface area contributed by atoms with Gasteiger partial charge in [0.15, 0.2) is 0 Å². The number of nitrogens with zero attached hydrogens (tertiary/aromatic N) is 3. The summed E-state index contributed by atoms with van der Waals surface area (Å²) in [6.45, 7) is 16.2. The largest absolute Gasteiger partial charge is 0.340 e. The molecule has 0 radical (unpaired) electrons. The van der Waals surface area contributed by atoms with E-state index in [0.717, 1.165) is 71.7 Å². The summed E-state index contributed by atoms with van der Waals surface area (Å²) < 4.78 is 0. The molecule has 5 heteroatoms. The summed E-state index contributed by atoms with van der Waals surface area (Å²) >= 11 is 0. The summed E-state index contributed by atoms with van der Waals surface area (Å²) in [5.74, 6) is 0.295. The van der Waals surface area contributed by atoms with Crippen molar-refractivity contribution in [3.8, 4) is 0 Å². The first kappa shape index (κ1) is 18.4. The van der Waals surface area contributed by atoms with E-state index in [1.165, 1.54) is 0 Å². The second-order valence-electron chi connectivity index (χ2n) is 5.73. The molecule has 124 valence electrons. The SMILES string of the molecule is CCN(CC)CCCN(CC)CC(=O)N1CCCNCC1. The van der Waals surface area contributed by atoms with E-state index < -0.39 is 0 Å². The van der Waals surface area contributed by atoms with Crippen LogP contribution in [0.5, 0.6) is 0 Å². The zero-order valence-corrected chi connectivity index (χ0v) is 14.2. The molecule has 5 nitrogen and oxygen atoms in total. The number of nitrogens with one attached hydrogen (secondary N) is 1. The Morgan fingerprint density at radius 2 is 1.67 bits per heavy atom. The van der Waals surface area contributed by atoms with Crippen molar-refractivity contribution < 1.29 is 4.79 Å². The van der Waals surface area contributed by atoms with Crippen LogP contribution < -0.4 is 5.32 Å². The van der Waals surface area contributed by atoms with E-state index >= 15 is 0 Å². The van der Waals surface area contributed by atoms with Crippen molar-refractivity contribution in [2.75, 3.05) is 65.4 Å². The molecule has 1 aliphatic heterocycles. The smallest absolute Gasteiger partial charge is 0.236 e. The van der Waals surface area contributed by atoms with Crippen LogP contribution in [0.3, 0.4) is 0 Å². The van der Waals surface area contributed by atoms with Gasteiger partial charge in [-0.25, -0.2) is 0 Å². The lowest BCUT2D eigenvalue weighted by Crippen LogP contribution is -2.42. The van der Waals surface area contributed by atoms with Gasteiger partial charge < -0.3 is 15.1 Å². The summed E-state index contributed by atoms with van der Waals surface area (Å²) in [6, 6.07) is 0. The minimum Gasteiger partial charge on any atom is -0.340 e. The Balaban J connectivity index is 2.29. The van der Waals surface area contributed by atoms with Gasteiger partial charge in [0.05, 0.1) is 6.54 Å². The van der Waals surface area contributed by atoms with Crippen molar-refractivity contribution in [3.63, 3.8) is 0 Å². The van der Waals surface area contributed by atoms with Crippen LogP contribution in [-0.4, -0.2) is 86.1 Å². The first-order valence-electron chi connectivity index (χ1n) is 8.64. The van der Waals surface area contributed by atoms with Crippen LogP contribution in [-0.2, 0) is 4.79 Å². The maximum Gasteiger partial charge on any atom is 0.236 e. The molecule has 1 amide bonds. The zero-order valence-electron chi connectivity index (χ0n) is 14.2. The molecule has 1 rings (SSSR count). The van der Waals surface area contributed by atoms with E-state index in [2.05, 4.69) is 35.9 Å². The third-order valence-electron chi connectivity index (χ3n) is 4.34. The molecule has 0 aromatic heterocycles. The lowest BCUT2D eigenvalue weighted by Gasteiger charge is -2.26. The van der Waals surface area contributed by atoms with Crippen molar-refractivity contribution in [2.45, 2.75) is 33.6 Å². The van der Waals surface area contributed by atoms with E-state index in [-0.39, 0.29) is 0 Å². The number of rotatable bonds is 9. The summed E-state index contributed by atoms with van der Waals surface area (Å²) in [5.41, 5.74) is 0. The maximum atomic E-state index is 12.4. The molecule has 0 atom stereocenters. The molecule has 0 bridgehead atoms. The third kappa shape index (κ3) is 7.25. The van der Waals surface area contributed by atoms with Crippen LogP contribution in [0, 0.1) is 0 Å². The van der Waals surface area contributed by atoms with Crippen LogP contribution >= 0.6 is 0 Å². The summed E-state index contributed by atoms with van der Waals surface area (Å²) in [6.07, 6.45) is 2.21. The van der Waals surface area contributed by atoms with Gasteiger partial charge in [0.2, 0.25) is 5.91 Å². The van der Waals surface area contributed by atoms with Gasteiger partial charge in [-0.05, 0) is 52.1 Å². The normalized spacial score (nSPS) is 16.5. The van der Waals surface area contributed by atoms with E-state index in [0.29, 0.717) is 12.5 Å². The number of hydrogen-bond acceptors (Lipinski definition) is 4. The predicted octanol–water partition coefficient (Wildman–Crippen LogP) is 0.862. The molecule has 0 spiro atoms. The molecule has 0 aromatic rings. The van der Waals surface area contributed by atoms with Crippen molar-refractivity contribution in [3.05, 3.63) is 0 Å². The number of carbonyl (C=O) groups is 1. The van der Waals surface area contributed by atoms with Gasteiger partial charge in [-0.3, -0.25) is 9.69 Å². The average Bonchev–Trinajstić information content (AvgIpc) is 2.79. The predicted molar refractivity (Wildman–Crippen MR) is 88.6 cm³/mol. The van der Waals surface area contributed by atoms with Gasteiger partial charge in [0.25, 0.3) is 0 Å². The molecular weight excluding hydrogens is 264 g/mol. The topological polar surface area (TPSA) is 38.8 Å². The van der Waals surface area contributed by atoms with Gasteiger partial charge in [-0.15, -0.1) is 0 Å². The highest BCUT2D eigenvalue weighted by Crippen LogP contribution is 2.00.